The normalized spacial score (nSPS) is 10.8. The van der Waals surface area contributed by atoms with Gasteiger partial charge in [-0.2, -0.15) is 0 Å². The van der Waals surface area contributed by atoms with E-state index in [0.717, 1.165) is 69.7 Å². The molecule has 32 heavy (non-hydrogen) atoms. The summed E-state index contributed by atoms with van der Waals surface area (Å²) in [5.74, 6) is 0.750. The molecule has 0 aliphatic rings. The average Bonchev–Trinajstić information content (AvgIpc) is 2.75. The number of esters is 1. The van der Waals surface area contributed by atoms with Gasteiger partial charge in [0, 0.05) is 45.7 Å². The number of amides is 1. The van der Waals surface area contributed by atoms with E-state index in [1.165, 1.54) is 0 Å². The van der Waals surface area contributed by atoms with Crippen molar-refractivity contribution in [3.05, 3.63) is 35.4 Å². The van der Waals surface area contributed by atoms with Crippen LogP contribution in [-0.4, -0.2) is 63.1 Å². The van der Waals surface area contributed by atoms with Crippen LogP contribution in [0, 0.1) is 0 Å². The zero-order chi connectivity index (χ0) is 22.9. The summed E-state index contributed by atoms with van der Waals surface area (Å²) in [6, 6.07) is 7.77. The molecule has 8 heteroatoms. The Hall–Kier alpha value is -1.84. The number of hydrogen-bond acceptors (Lipinski definition) is 4. The van der Waals surface area contributed by atoms with Crippen LogP contribution in [0.5, 0.6) is 0 Å². The highest BCUT2D eigenvalue weighted by molar-refractivity contribution is 14.0. The third-order valence-electron chi connectivity index (χ3n) is 4.74. The molecule has 0 aromatic heterocycles. The van der Waals surface area contributed by atoms with Crippen molar-refractivity contribution in [1.82, 2.24) is 15.5 Å². The Morgan fingerprint density at radius 3 is 2.44 bits per heavy atom. The van der Waals surface area contributed by atoms with E-state index in [-0.39, 0.29) is 35.9 Å². The minimum absolute atomic E-state index is 0. The fourth-order valence-corrected chi connectivity index (χ4v) is 3.12. The Kier molecular flexibility index (Phi) is 17.6. The third kappa shape index (κ3) is 13.5. The van der Waals surface area contributed by atoms with Gasteiger partial charge in [-0.05, 0) is 50.8 Å². The maximum atomic E-state index is 12.1. The summed E-state index contributed by atoms with van der Waals surface area (Å²) >= 11 is 0. The summed E-state index contributed by atoms with van der Waals surface area (Å²) in [6.45, 7) is 6.69. The predicted octanol–water partition coefficient (Wildman–Crippen LogP) is 4.01. The molecule has 0 bridgehead atoms. The van der Waals surface area contributed by atoms with Gasteiger partial charge >= 0.3 is 5.97 Å². The summed E-state index contributed by atoms with van der Waals surface area (Å²) in [6.07, 6.45) is 6.54. The van der Waals surface area contributed by atoms with Gasteiger partial charge < -0.3 is 20.3 Å². The Morgan fingerprint density at radius 2 is 1.75 bits per heavy atom. The molecule has 1 amide bonds. The van der Waals surface area contributed by atoms with Crippen molar-refractivity contribution in [3.63, 3.8) is 0 Å². The van der Waals surface area contributed by atoms with Crippen LogP contribution in [0.25, 0.3) is 0 Å². The van der Waals surface area contributed by atoms with E-state index in [9.17, 15) is 9.59 Å². The van der Waals surface area contributed by atoms with Gasteiger partial charge in [0.15, 0.2) is 5.96 Å². The fourth-order valence-electron chi connectivity index (χ4n) is 3.12. The molecule has 0 saturated carbocycles. The van der Waals surface area contributed by atoms with E-state index in [4.69, 9.17) is 4.74 Å². The fraction of sp³-hybridized carbons (Fsp3) is 0.625. The Morgan fingerprint density at radius 1 is 1.03 bits per heavy atom. The molecule has 0 heterocycles. The smallest absolute Gasteiger partial charge is 0.305 e. The first-order chi connectivity index (χ1) is 15.0. The summed E-state index contributed by atoms with van der Waals surface area (Å²) in [5, 5.41) is 6.64. The lowest BCUT2D eigenvalue weighted by molar-refractivity contribution is -0.143. The SMILES string of the molecule is CCNC(=NCCCCCCCC(=O)OCC)NCCc1cccc(C(=O)N(C)C)c1.I. The van der Waals surface area contributed by atoms with Crippen LogP contribution in [0.2, 0.25) is 0 Å². The molecule has 0 saturated heterocycles. The molecule has 0 atom stereocenters. The highest BCUT2D eigenvalue weighted by Gasteiger charge is 2.08. The standard InChI is InChI=1S/C24H40N4O3.HI/c1-5-25-24(26-17-11-9-7-8-10-15-22(29)31-6-2)27-18-16-20-13-12-14-21(19-20)23(30)28(3)4;/h12-14,19H,5-11,15-18H2,1-4H3,(H2,25,26,27);1H. The Labute approximate surface area is 210 Å². The molecule has 0 fully saturated rings. The molecule has 0 spiro atoms. The number of guanidine groups is 1. The summed E-state index contributed by atoms with van der Waals surface area (Å²) in [5.41, 5.74) is 1.84. The van der Waals surface area contributed by atoms with E-state index in [1.807, 2.05) is 31.2 Å². The predicted molar refractivity (Wildman–Crippen MR) is 142 cm³/mol. The molecule has 0 unspecified atom stereocenters. The second-order valence-corrected chi connectivity index (χ2v) is 7.66. The first kappa shape index (κ1) is 30.2. The summed E-state index contributed by atoms with van der Waals surface area (Å²) < 4.78 is 4.93. The van der Waals surface area contributed by atoms with E-state index in [2.05, 4.69) is 22.5 Å². The molecular formula is C24H41IN4O3. The van der Waals surface area contributed by atoms with Gasteiger partial charge in [-0.15, -0.1) is 24.0 Å². The van der Waals surface area contributed by atoms with Crippen LogP contribution in [-0.2, 0) is 16.0 Å². The molecular weight excluding hydrogens is 519 g/mol. The van der Waals surface area contributed by atoms with Crippen LogP contribution >= 0.6 is 24.0 Å². The zero-order valence-electron chi connectivity index (χ0n) is 20.1. The van der Waals surface area contributed by atoms with Crippen molar-refractivity contribution in [2.45, 2.75) is 58.8 Å². The van der Waals surface area contributed by atoms with Gasteiger partial charge in [0.1, 0.15) is 0 Å². The number of rotatable bonds is 14. The van der Waals surface area contributed by atoms with Gasteiger partial charge in [0.05, 0.1) is 6.61 Å². The molecule has 1 rings (SSSR count). The third-order valence-corrected chi connectivity index (χ3v) is 4.74. The van der Waals surface area contributed by atoms with E-state index < -0.39 is 0 Å². The van der Waals surface area contributed by atoms with Crippen LogP contribution in [0.15, 0.2) is 29.3 Å². The van der Waals surface area contributed by atoms with Gasteiger partial charge in [0.2, 0.25) is 0 Å². The van der Waals surface area contributed by atoms with Gasteiger partial charge in [-0.3, -0.25) is 14.6 Å². The van der Waals surface area contributed by atoms with Crippen LogP contribution in [0.1, 0.15) is 68.3 Å². The van der Waals surface area contributed by atoms with Gasteiger partial charge in [-0.25, -0.2) is 0 Å². The molecule has 0 aliphatic heterocycles. The maximum absolute atomic E-state index is 12.1. The monoisotopic (exact) mass is 560 g/mol. The first-order valence-corrected chi connectivity index (χ1v) is 11.5. The summed E-state index contributed by atoms with van der Waals surface area (Å²) in [4.78, 5) is 29.6. The number of carbonyl (C=O) groups is 2. The van der Waals surface area contributed by atoms with E-state index >= 15 is 0 Å². The van der Waals surface area contributed by atoms with Crippen molar-refractivity contribution in [2.24, 2.45) is 4.99 Å². The number of carbonyl (C=O) groups excluding carboxylic acids is 2. The maximum Gasteiger partial charge on any atom is 0.305 e. The minimum atomic E-state index is -0.0931. The highest BCUT2D eigenvalue weighted by Crippen LogP contribution is 2.08. The van der Waals surface area contributed by atoms with Crippen molar-refractivity contribution in [2.75, 3.05) is 40.3 Å². The Bertz CT molecular complexity index is 696. The highest BCUT2D eigenvalue weighted by atomic mass is 127. The lowest BCUT2D eigenvalue weighted by Gasteiger charge is -2.13. The van der Waals surface area contributed by atoms with E-state index in [0.29, 0.717) is 18.6 Å². The number of ether oxygens (including phenoxy) is 1. The largest absolute Gasteiger partial charge is 0.466 e. The second kappa shape index (κ2) is 18.7. The van der Waals surface area contributed by atoms with Crippen molar-refractivity contribution in [1.29, 1.82) is 0 Å². The van der Waals surface area contributed by atoms with Crippen molar-refractivity contribution in [3.8, 4) is 0 Å². The number of nitrogens with zero attached hydrogens (tertiary/aromatic N) is 2. The molecule has 1 aromatic rings. The van der Waals surface area contributed by atoms with Crippen molar-refractivity contribution < 1.29 is 14.3 Å². The second-order valence-electron chi connectivity index (χ2n) is 7.66. The van der Waals surface area contributed by atoms with Crippen LogP contribution in [0.4, 0.5) is 0 Å². The number of aliphatic imine (C=N–C) groups is 1. The molecule has 182 valence electrons. The number of unbranched alkanes of at least 4 members (excludes halogenated alkanes) is 4. The van der Waals surface area contributed by atoms with E-state index in [1.54, 1.807) is 19.0 Å². The van der Waals surface area contributed by atoms with Gasteiger partial charge in [-0.1, -0.05) is 31.4 Å². The Balaban J connectivity index is 0.00000961. The number of benzene rings is 1. The summed E-state index contributed by atoms with van der Waals surface area (Å²) in [7, 11) is 3.53. The number of nitrogens with one attached hydrogen (secondary N) is 2. The lowest BCUT2D eigenvalue weighted by atomic mass is 10.1. The first-order valence-electron chi connectivity index (χ1n) is 11.5. The van der Waals surface area contributed by atoms with Crippen LogP contribution in [0.3, 0.4) is 0 Å². The topological polar surface area (TPSA) is 83.0 Å². The lowest BCUT2D eigenvalue weighted by Crippen LogP contribution is -2.38. The van der Waals surface area contributed by atoms with Crippen molar-refractivity contribution >= 4 is 41.8 Å². The number of halogens is 1. The molecule has 7 nitrogen and oxygen atoms in total. The van der Waals surface area contributed by atoms with Crippen LogP contribution < -0.4 is 10.6 Å². The van der Waals surface area contributed by atoms with Gasteiger partial charge in [0.25, 0.3) is 5.91 Å². The molecule has 0 radical (unpaired) electrons. The minimum Gasteiger partial charge on any atom is -0.466 e. The molecule has 2 N–H and O–H groups in total. The molecule has 0 aliphatic carbocycles. The zero-order valence-corrected chi connectivity index (χ0v) is 22.4. The quantitative estimate of drug-likeness (QED) is 0.118. The average molecular weight is 561 g/mol. The number of hydrogen-bond donors (Lipinski definition) is 2. The molecule has 1 aromatic carbocycles.